The Morgan fingerprint density at radius 2 is 2.05 bits per heavy atom. The number of aromatic nitrogens is 1. The number of carbonyl (C=O) groups is 1. The first-order valence-electron chi connectivity index (χ1n) is 6.02. The molecule has 0 saturated heterocycles. The lowest BCUT2D eigenvalue weighted by Gasteiger charge is -2.11. The minimum atomic E-state index is -0.415. The maximum absolute atomic E-state index is 11.4. The third-order valence-corrected chi connectivity index (χ3v) is 2.70. The fourth-order valence-electron chi connectivity index (χ4n) is 1.68. The Morgan fingerprint density at radius 3 is 2.70 bits per heavy atom. The Balaban J connectivity index is 2.13. The van der Waals surface area contributed by atoms with Crippen LogP contribution in [0, 0.1) is 0 Å². The van der Waals surface area contributed by atoms with Gasteiger partial charge in [-0.3, -0.25) is 4.98 Å². The average Bonchev–Trinajstić information content (AvgIpc) is 2.53. The molecule has 1 aromatic heterocycles. The largest absolute Gasteiger partial charge is 0.493 e. The van der Waals surface area contributed by atoms with Crippen molar-refractivity contribution >= 4 is 5.97 Å². The second-order valence-corrected chi connectivity index (χ2v) is 4.01. The summed E-state index contributed by atoms with van der Waals surface area (Å²) >= 11 is 0. The number of methoxy groups -OCH3 is 2. The van der Waals surface area contributed by atoms with E-state index < -0.39 is 5.97 Å². The van der Waals surface area contributed by atoms with Gasteiger partial charge in [0.15, 0.2) is 11.5 Å². The molecule has 0 unspecified atom stereocenters. The van der Waals surface area contributed by atoms with Crippen molar-refractivity contribution in [2.24, 2.45) is 0 Å². The lowest BCUT2D eigenvalue weighted by Crippen LogP contribution is -2.03. The normalized spacial score (nSPS) is 9.90. The van der Waals surface area contributed by atoms with Gasteiger partial charge in [0, 0.05) is 18.0 Å². The van der Waals surface area contributed by atoms with Gasteiger partial charge in [-0.15, -0.1) is 0 Å². The van der Waals surface area contributed by atoms with E-state index in [4.69, 9.17) is 9.47 Å². The first-order chi connectivity index (χ1) is 9.74. The zero-order valence-electron chi connectivity index (χ0n) is 11.3. The summed E-state index contributed by atoms with van der Waals surface area (Å²) in [5, 5.41) is 0. The van der Waals surface area contributed by atoms with Crippen molar-refractivity contribution in [1.29, 1.82) is 0 Å². The number of hydrogen-bond acceptors (Lipinski definition) is 5. The number of esters is 1. The third kappa shape index (κ3) is 3.26. The van der Waals surface area contributed by atoms with Gasteiger partial charge in [0.1, 0.15) is 6.61 Å². The summed E-state index contributed by atoms with van der Waals surface area (Å²) in [6.07, 6.45) is 3.44. The lowest BCUT2D eigenvalue weighted by molar-refractivity contribution is 0.0600. The fraction of sp³-hybridized carbons (Fsp3) is 0.200. The van der Waals surface area contributed by atoms with Crippen LogP contribution in [0.1, 0.15) is 15.9 Å². The highest BCUT2D eigenvalue weighted by atomic mass is 16.5. The van der Waals surface area contributed by atoms with Gasteiger partial charge in [0.25, 0.3) is 0 Å². The number of carbonyl (C=O) groups excluding carboxylic acids is 1. The van der Waals surface area contributed by atoms with E-state index in [-0.39, 0.29) is 0 Å². The molecule has 5 heteroatoms. The van der Waals surface area contributed by atoms with Crippen LogP contribution in [0.2, 0.25) is 0 Å². The molecule has 20 heavy (non-hydrogen) atoms. The minimum absolute atomic E-state index is 0.377. The maximum atomic E-state index is 11.4. The van der Waals surface area contributed by atoms with Crippen molar-refractivity contribution in [1.82, 2.24) is 4.98 Å². The molecule has 0 aliphatic rings. The zero-order valence-corrected chi connectivity index (χ0v) is 11.3. The molecule has 104 valence electrons. The van der Waals surface area contributed by atoms with E-state index in [0.29, 0.717) is 23.7 Å². The summed E-state index contributed by atoms with van der Waals surface area (Å²) < 4.78 is 15.5. The molecule has 0 amide bonds. The van der Waals surface area contributed by atoms with Crippen LogP contribution in [0.3, 0.4) is 0 Å². The van der Waals surface area contributed by atoms with Gasteiger partial charge >= 0.3 is 5.97 Å². The molecule has 2 aromatic rings. The van der Waals surface area contributed by atoms with Gasteiger partial charge in [-0.2, -0.15) is 0 Å². The molecule has 1 heterocycles. The van der Waals surface area contributed by atoms with Crippen molar-refractivity contribution in [3.8, 4) is 11.5 Å². The SMILES string of the molecule is COC(=O)c1ccc(OCc2cccnc2)c(OC)c1. The molecule has 0 aliphatic heterocycles. The second kappa shape index (κ2) is 6.56. The standard InChI is InChI=1S/C15H15NO4/c1-18-14-8-12(15(17)19-2)5-6-13(14)20-10-11-4-3-7-16-9-11/h3-9H,10H2,1-2H3. The van der Waals surface area contributed by atoms with Crippen LogP contribution in [0.4, 0.5) is 0 Å². The highest BCUT2D eigenvalue weighted by molar-refractivity contribution is 5.90. The van der Waals surface area contributed by atoms with Crippen molar-refractivity contribution in [3.63, 3.8) is 0 Å². The molecule has 0 fully saturated rings. The van der Waals surface area contributed by atoms with Crippen molar-refractivity contribution in [2.45, 2.75) is 6.61 Å². The first-order valence-corrected chi connectivity index (χ1v) is 6.02. The number of hydrogen-bond donors (Lipinski definition) is 0. The van der Waals surface area contributed by atoms with Gasteiger partial charge in [-0.1, -0.05) is 6.07 Å². The van der Waals surface area contributed by atoms with Gasteiger partial charge in [-0.05, 0) is 24.3 Å². The zero-order chi connectivity index (χ0) is 14.4. The second-order valence-electron chi connectivity index (χ2n) is 4.01. The summed E-state index contributed by atoms with van der Waals surface area (Å²) in [6.45, 7) is 0.377. The van der Waals surface area contributed by atoms with Gasteiger partial charge in [0.2, 0.25) is 0 Å². The van der Waals surface area contributed by atoms with Crippen LogP contribution < -0.4 is 9.47 Å². The first kappa shape index (κ1) is 13.9. The molecule has 0 aliphatic carbocycles. The monoisotopic (exact) mass is 273 g/mol. The molecule has 0 saturated carbocycles. The predicted octanol–water partition coefficient (Wildman–Crippen LogP) is 2.46. The third-order valence-electron chi connectivity index (χ3n) is 2.70. The molecule has 0 atom stereocenters. The van der Waals surface area contributed by atoms with Gasteiger partial charge < -0.3 is 14.2 Å². The Morgan fingerprint density at radius 1 is 1.20 bits per heavy atom. The molecule has 0 radical (unpaired) electrons. The fourth-order valence-corrected chi connectivity index (χ4v) is 1.68. The van der Waals surface area contributed by atoms with E-state index in [2.05, 4.69) is 9.72 Å². The Hall–Kier alpha value is -2.56. The number of ether oxygens (including phenoxy) is 3. The molecule has 0 bridgehead atoms. The van der Waals surface area contributed by atoms with E-state index in [9.17, 15) is 4.79 Å². The maximum Gasteiger partial charge on any atom is 0.337 e. The number of pyridine rings is 1. The van der Waals surface area contributed by atoms with Crippen LogP contribution in [0.5, 0.6) is 11.5 Å². The summed E-state index contributed by atoms with van der Waals surface area (Å²) in [6, 6.07) is 8.66. The summed E-state index contributed by atoms with van der Waals surface area (Å²) in [7, 11) is 2.86. The minimum Gasteiger partial charge on any atom is -0.493 e. The Kier molecular flexibility index (Phi) is 4.55. The van der Waals surface area contributed by atoms with E-state index in [1.807, 2.05) is 12.1 Å². The summed E-state index contributed by atoms with van der Waals surface area (Å²) in [4.78, 5) is 15.5. The molecule has 5 nitrogen and oxygen atoms in total. The van der Waals surface area contributed by atoms with Crippen molar-refractivity contribution in [2.75, 3.05) is 14.2 Å². The highest BCUT2D eigenvalue weighted by Gasteiger charge is 2.11. The number of rotatable bonds is 5. The van der Waals surface area contributed by atoms with Crippen LogP contribution in [0.25, 0.3) is 0 Å². The van der Waals surface area contributed by atoms with E-state index in [1.165, 1.54) is 14.2 Å². The summed E-state index contributed by atoms with van der Waals surface area (Å²) in [5.41, 5.74) is 1.37. The Labute approximate surface area is 117 Å². The van der Waals surface area contributed by atoms with Crippen LogP contribution in [0.15, 0.2) is 42.7 Å². The smallest absolute Gasteiger partial charge is 0.337 e. The molecule has 1 aromatic carbocycles. The topological polar surface area (TPSA) is 57.7 Å². The van der Waals surface area contributed by atoms with E-state index in [0.717, 1.165) is 5.56 Å². The summed E-state index contributed by atoms with van der Waals surface area (Å²) in [5.74, 6) is 0.628. The van der Waals surface area contributed by atoms with Crippen LogP contribution in [-0.4, -0.2) is 25.2 Å². The highest BCUT2D eigenvalue weighted by Crippen LogP contribution is 2.29. The number of benzene rings is 1. The molecule has 0 N–H and O–H groups in total. The predicted molar refractivity (Wildman–Crippen MR) is 72.9 cm³/mol. The quantitative estimate of drug-likeness (QED) is 0.783. The number of nitrogens with zero attached hydrogens (tertiary/aromatic N) is 1. The molecular weight excluding hydrogens is 258 g/mol. The molecular formula is C15H15NO4. The average molecular weight is 273 g/mol. The van der Waals surface area contributed by atoms with E-state index in [1.54, 1.807) is 30.6 Å². The van der Waals surface area contributed by atoms with Crippen LogP contribution >= 0.6 is 0 Å². The molecule has 2 rings (SSSR count). The van der Waals surface area contributed by atoms with Gasteiger partial charge in [-0.25, -0.2) is 4.79 Å². The van der Waals surface area contributed by atoms with Crippen LogP contribution in [-0.2, 0) is 11.3 Å². The van der Waals surface area contributed by atoms with Crippen molar-refractivity contribution in [3.05, 3.63) is 53.9 Å². The van der Waals surface area contributed by atoms with Gasteiger partial charge in [0.05, 0.1) is 19.8 Å². The van der Waals surface area contributed by atoms with E-state index >= 15 is 0 Å². The Bertz CT molecular complexity index is 584. The van der Waals surface area contributed by atoms with Crippen molar-refractivity contribution < 1.29 is 19.0 Å². The molecule has 0 spiro atoms. The lowest BCUT2D eigenvalue weighted by atomic mass is 10.2.